The van der Waals surface area contributed by atoms with Gasteiger partial charge in [0.2, 0.25) is 5.91 Å². The molecule has 0 bridgehead atoms. The number of thiophene rings is 1. The Labute approximate surface area is 193 Å². The van der Waals surface area contributed by atoms with E-state index >= 15 is 0 Å². The summed E-state index contributed by atoms with van der Waals surface area (Å²) in [6.07, 6.45) is 0.744. The summed E-state index contributed by atoms with van der Waals surface area (Å²) >= 11 is 1.61. The van der Waals surface area contributed by atoms with Crippen LogP contribution in [0.1, 0.15) is 46.6 Å². The number of rotatable bonds is 9. The zero-order chi connectivity index (χ0) is 23.1. The van der Waals surface area contributed by atoms with Gasteiger partial charge in [0, 0.05) is 23.0 Å². The number of hydrogen-bond acceptors (Lipinski definition) is 3. The molecule has 0 aliphatic rings. The average Bonchev–Trinajstić information content (AvgIpc) is 3.22. The molecular weight excluding hydrogens is 423 g/mol. The number of benzene rings is 2. The molecule has 168 valence electrons. The third kappa shape index (κ3) is 6.04. The molecule has 3 aromatic rings. The van der Waals surface area contributed by atoms with Crippen molar-refractivity contribution >= 4 is 23.2 Å². The van der Waals surface area contributed by atoms with E-state index < -0.39 is 0 Å². The van der Waals surface area contributed by atoms with Gasteiger partial charge in [0.05, 0.1) is 6.54 Å². The highest BCUT2D eigenvalue weighted by atomic mass is 32.1. The van der Waals surface area contributed by atoms with Gasteiger partial charge >= 0.3 is 0 Å². The standard InChI is InChI=1S/C26H29FN2O2S/c1-4-20(3)29(26(31)22-8-6-5-7-9-22)18-25(30)28(17-24-19(2)14-15-32-24)16-21-10-12-23(27)13-11-21/h5-15,20H,4,16-18H2,1-3H3. The van der Waals surface area contributed by atoms with Gasteiger partial charge in [-0.15, -0.1) is 11.3 Å². The predicted octanol–water partition coefficient (Wildman–Crippen LogP) is 5.67. The van der Waals surface area contributed by atoms with Crippen molar-refractivity contribution in [2.24, 2.45) is 0 Å². The largest absolute Gasteiger partial charge is 0.332 e. The summed E-state index contributed by atoms with van der Waals surface area (Å²) in [5, 5.41) is 2.01. The lowest BCUT2D eigenvalue weighted by molar-refractivity contribution is -0.133. The molecule has 1 unspecified atom stereocenters. The van der Waals surface area contributed by atoms with Gasteiger partial charge in [0.15, 0.2) is 0 Å². The van der Waals surface area contributed by atoms with Crippen LogP contribution < -0.4 is 0 Å². The molecule has 0 radical (unpaired) electrons. The smallest absolute Gasteiger partial charge is 0.254 e. The summed E-state index contributed by atoms with van der Waals surface area (Å²) in [6, 6.07) is 17.2. The van der Waals surface area contributed by atoms with E-state index in [0.29, 0.717) is 18.7 Å². The lowest BCUT2D eigenvalue weighted by atomic mass is 10.1. The first-order valence-electron chi connectivity index (χ1n) is 10.8. The zero-order valence-corrected chi connectivity index (χ0v) is 19.6. The Kier molecular flexibility index (Phi) is 8.17. The molecule has 1 atom stereocenters. The summed E-state index contributed by atoms with van der Waals surface area (Å²) in [6.45, 7) is 6.79. The second-order valence-electron chi connectivity index (χ2n) is 7.96. The topological polar surface area (TPSA) is 40.6 Å². The van der Waals surface area contributed by atoms with Crippen LogP contribution in [-0.4, -0.2) is 34.2 Å². The van der Waals surface area contributed by atoms with Crippen molar-refractivity contribution in [3.63, 3.8) is 0 Å². The molecule has 0 N–H and O–H groups in total. The molecule has 1 heterocycles. The van der Waals surface area contributed by atoms with Crippen LogP contribution in [0.3, 0.4) is 0 Å². The van der Waals surface area contributed by atoms with Crippen molar-refractivity contribution < 1.29 is 14.0 Å². The molecule has 2 amide bonds. The van der Waals surface area contributed by atoms with Gasteiger partial charge in [-0.05, 0) is 67.1 Å². The quantitative estimate of drug-likeness (QED) is 0.420. The summed E-state index contributed by atoms with van der Waals surface area (Å²) in [5.74, 6) is -0.592. The fourth-order valence-corrected chi connectivity index (χ4v) is 4.34. The molecule has 0 saturated heterocycles. The summed E-state index contributed by atoms with van der Waals surface area (Å²) in [5.41, 5.74) is 2.55. The Hall–Kier alpha value is -2.99. The molecule has 1 aromatic heterocycles. The highest BCUT2D eigenvalue weighted by Crippen LogP contribution is 2.20. The average molecular weight is 453 g/mol. The monoisotopic (exact) mass is 452 g/mol. The van der Waals surface area contributed by atoms with Crippen LogP contribution in [-0.2, 0) is 17.9 Å². The fraction of sp³-hybridized carbons (Fsp3) is 0.308. The first-order chi connectivity index (χ1) is 15.4. The predicted molar refractivity (Wildman–Crippen MR) is 127 cm³/mol. The van der Waals surface area contributed by atoms with Gasteiger partial charge in [-0.1, -0.05) is 37.3 Å². The molecule has 4 nitrogen and oxygen atoms in total. The van der Waals surface area contributed by atoms with E-state index in [1.165, 1.54) is 12.1 Å². The van der Waals surface area contributed by atoms with E-state index in [1.54, 1.807) is 45.4 Å². The minimum atomic E-state index is -0.308. The molecule has 0 aliphatic heterocycles. The number of aryl methyl sites for hydroxylation is 1. The first kappa shape index (κ1) is 23.7. The van der Waals surface area contributed by atoms with Crippen LogP contribution in [0.4, 0.5) is 4.39 Å². The maximum atomic E-state index is 13.5. The van der Waals surface area contributed by atoms with Crippen LogP contribution in [0, 0.1) is 12.7 Å². The summed E-state index contributed by atoms with van der Waals surface area (Å²) in [7, 11) is 0. The number of carbonyl (C=O) groups is 2. The fourth-order valence-electron chi connectivity index (χ4n) is 3.42. The highest BCUT2D eigenvalue weighted by Gasteiger charge is 2.26. The Morgan fingerprint density at radius 2 is 1.69 bits per heavy atom. The lowest BCUT2D eigenvalue weighted by Crippen LogP contribution is -2.46. The van der Waals surface area contributed by atoms with Gasteiger partial charge < -0.3 is 9.80 Å². The SMILES string of the molecule is CCC(C)N(CC(=O)N(Cc1ccc(F)cc1)Cc1sccc1C)C(=O)c1ccccc1. The summed E-state index contributed by atoms with van der Waals surface area (Å²) in [4.78, 5) is 31.2. The Balaban J connectivity index is 1.84. The normalized spacial score (nSPS) is 11.8. The van der Waals surface area contributed by atoms with Gasteiger partial charge in [-0.3, -0.25) is 9.59 Å². The van der Waals surface area contributed by atoms with E-state index in [2.05, 4.69) is 0 Å². The van der Waals surface area contributed by atoms with Crippen LogP contribution in [0.25, 0.3) is 0 Å². The van der Waals surface area contributed by atoms with Gasteiger partial charge in [0.1, 0.15) is 12.4 Å². The maximum Gasteiger partial charge on any atom is 0.254 e. The minimum absolute atomic E-state index is 0.00560. The Morgan fingerprint density at radius 3 is 2.28 bits per heavy atom. The molecule has 2 aromatic carbocycles. The van der Waals surface area contributed by atoms with Crippen molar-refractivity contribution in [2.75, 3.05) is 6.54 Å². The number of halogens is 1. The van der Waals surface area contributed by atoms with Gasteiger partial charge in [0.25, 0.3) is 5.91 Å². The third-order valence-electron chi connectivity index (χ3n) is 5.65. The molecule has 3 rings (SSSR count). The van der Waals surface area contributed by atoms with Crippen molar-refractivity contribution in [1.29, 1.82) is 0 Å². The molecule has 32 heavy (non-hydrogen) atoms. The number of carbonyl (C=O) groups excluding carboxylic acids is 2. The molecule has 0 spiro atoms. The van der Waals surface area contributed by atoms with E-state index in [1.807, 2.05) is 50.4 Å². The van der Waals surface area contributed by atoms with E-state index in [9.17, 15) is 14.0 Å². The highest BCUT2D eigenvalue weighted by molar-refractivity contribution is 7.10. The van der Waals surface area contributed by atoms with Crippen LogP contribution >= 0.6 is 11.3 Å². The molecule has 0 fully saturated rings. The zero-order valence-electron chi connectivity index (χ0n) is 18.8. The maximum absolute atomic E-state index is 13.5. The molecule has 0 aliphatic carbocycles. The summed E-state index contributed by atoms with van der Waals surface area (Å²) < 4.78 is 13.4. The number of hydrogen-bond donors (Lipinski definition) is 0. The molecule has 6 heteroatoms. The van der Waals surface area contributed by atoms with Gasteiger partial charge in [-0.25, -0.2) is 4.39 Å². The second-order valence-corrected chi connectivity index (χ2v) is 8.96. The van der Waals surface area contributed by atoms with Crippen molar-refractivity contribution in [2.45, 2.75) is 46.3 Å². The number of nitrogens with zero attached hydrogens (tertiary/aromatic N) is 2. The Bertz CT molecular complexity index is 1030. The first-order valence-corrected chi connectivity index (χ1v) is 11.7. The molecular formula is C26H29FN2O2S. The lowest BCUT2D eigenvalue weighted by Gasteiger charge is -2.31. The van der Waals surface area contributed by atoms with Crippen LogP contribution in [0.5, 0.6) is 0 Å². The van der Waals surface area contributed by atoms with Crippen molar-refractivity contribution in [3.8, 4) is 0 Å². The Morgan fingerprint density at radius 1 is 1.00 bits per heavy atom. The number of amides is 2. The van der Waals surface area contributed by atoms with Crippen molar-refractivity contribution in [3.05, 3.63) is 93.4 Å². The van der Waals surface area contributed by atoms with Crippen LogP contribution in [0.15, 0.2) is 66.0 Å². The van der Waals surface area contributed by atoms with E-state index in [0.717, 1.165) is 22.4 Å². The van der Waals surface area contributed by atoms with Gasteiger partial charge in [-0.2, -0.15) is 0 Å². The molecule has 0 saturated carbocycles. The van der Waals surface area contributed by atoms with E-state index in [-0.39, 0.29) is 30.2 Å². The minimum Gasteiger partial charge on any atom is -0.332 e. The van der Waals surface area contributed by atoms with Crippen LogP contribution in [0.2, 0.25) is 0 Å². The van der Waals surface area contributed by atoms with Crippen molar-refractivity contribution in [1.82, 2.24) is 9.80 Å². The third-order valence-corrected chi connectivity index (χ3v) is 6.66. The second kappa shape index (κ2) is 11.0. The van der Waals surface area contributed by atoms with E-state index in [4.69, 9.17) is 0 Å².